The summed E-state index contributed by atoms with van der Waals surface area (Å²) in [4.78, 5) is 2.74. The minimum absolute atomic E-state index is 0.690. The van der Waals surface area contributed by atoms with Gasteiger partial charge in [0.05, 0.1) is 0 Å². The van der Waals surface area contributed by atoms with Crippen molar-refractivity contribution in [1.82, 2.24) is 10.2 Å². The number of rotatable bonds is 3. The van der Waals surface area contributed by atoms with E-state index in [9.17, 15) is 0 Å². The van der Waals surface area contributed by atoms with Gasteiger partial charge in [-0.1, -0.05) is 42.5 Å². The van der Waals surface area contributed by atoms with Crippen molar-refractivity contribution in [3.8, 4) is 0 Å². The Kier molecular flexibility index (Phi) is 4.31. The Morgan fingerprint density at radius 1 is 1.05 bits per heavy atom. The summed E-state index contributed by atoms with van der Waals surface area (Å²) in [5, 5.41) is 3.47. The van der Waals surface area contributed by atoms with Gasteiger partial charge in [-0.15, -0.1) is 0 Å². The summed E-state index contributed by atoms with van der Waals surface area (Å²) in [6.45, 7) is 3.51. The van der Waals surface area contributed by atoms with Gasteiger partial charge in [0.1, 0.15) is 0 Å². The van der Waals surface area contributed by atoms with E-state index in [0.717, 1.165) is 12.6 Å². The Morgan fingerprint density at radius 3 is 2.63 bits per heavy atom. The Bertz CT molecular complexity index is 407. The molecular formula is C17H24N2. The molecule has 2 nitrogen and oxygen atoms in total. The van der Waals surface area contributed by atoms with Crippen LogP contribution in [-0.2, 0) is 6.42 Å². The number of piperidine rings is 1. The number of nitrogens with one attached hydrogen (secondary N) is 1. The van der Waals surface area contributed by atoms with E-state index >= 15 is 0 Å². The largest absolute Gasteiger partial charge is 0.317 e. The highest BCUT2D eigenvalue weighted by atomic mass is 15.2. The van der Waals surface area contributed by atoms with Crippen molar-refractivity contribution in [1.29, 1.82) is 0 Å². The smallest absolute Gasteiger partial charge is 0.0176 e. The highest BCUT2D eigenvalue weighted by Crippen LogP contribution is 2.23. The molecule has 0 aliphatic carbocycles. The Labute approximate surface area is 116 Å². The van der Waals surface area contributed by atoms with Gasteiger partial charge in [0.2, 0.25) is 0 Å². The van der Waals surface area contributed by atoms with E-state index in [4.69, 9.17) is 0 Å². The summed E-state index contributed by atoms with van der Waals surface area (Å²) in [7, 11) is 0. The van der Waals surface area contributed by atoms with Crippen LogP contribution in [0.1, 0.15) is 24.8 Å². The molecule has 1 aromatic rings. The van der Waals surface area contributed by atoms with Crippen LogP contribution in [0, 0.1) is 0 Å². The Morgan fingerprint density at radius 2 is 1.84 bits per heavy atom. The van der Waals surface area contributed by atoms with Gasteiger partial charge in [-0.05, 0) is 44.3 Å². The van der Waals surface area contributed by atoms with Crippen molar-refractivity contribution in [2.75, 3.05) is 19.6 Å². The van der Waals surface area contributed by atoms with Crippen LogP contribution < -0.4 is 5.32 Å². The highest BCUT2D eigenvalue weighted by Gasteiger charge is 2.27. The maximum Gasteiger partial charge on any atom is 0.0176 e. The van der Waals surface area contributed by atoms with Crippen LogP contribution in [0.2, 0.25) is 0 Å². The predicted molar refractivity (Wildman–Crippen MR) is 80.3 cm³/mol. The Balaban J connectivity index is 1.68. The molecule has 3 rings (SSSR count). The lowest BCUT2D eigenvalue weighted by atomic mass is 9.94. The van der Waals surface area contributed by atoms with Gasteiger partial charge in [0.25, 0.3) is 0 Å². The van der Waals surface area contributed by atoms with E-state index in [-0.39, 0.29) is 0 Å². The molecule has 1 unspecified atom stereocenters. The molecule has 1 saturated heterocycles. The molecule has 19 heavy (non-hydrogen) atoms. The van der Waals surface area contributed by atoms with E-state index < -0.39 is 0 Å². The number of hydrogen-bond donors (Lipinski definition) is 1. The summed E-state index contributed by atoms with van der Waals surface area (Å²) >= 11 is 0. The summed E-state index contributed by atoms with van der Waals surface area (Å²) in [5.41, 5.74) is 1.47. The van der Waals surface area contributed by atoms with E-state index in [1.165, 1.54) is 44.3 Å². The van der Waals surface area contributed by atoms with Gasteiger partial charge in [0.15, 0.2) is 0 Å². The molecule has 0 spiro atoms. The third-order valence-corrected chi connectivity index (χ3v) is 4.45. The normalized spacial score (nSPS) is 25.6. The van der Waals surface area contributed by atoms with Crippen LogP contribution >= 0.6 is 0 Å². The topological polar surface area (TPSA) is 15.3 Å². The second-order valence-corrected chi connectivity index (χ2v) is 5.73. The summed E-state index contributed by atoms with van der Waals surface area (Å²) in [5.74, 6) is 0. The molecule has 1 N–H and O–H groups in total. The second-order valence-electron chi connectivity index (χ2n) is 5.73. The maximum absolute atomic E-state index is 3.47. The van der Waals surface area contributed by atoms with Gasteiger partial charge >= 0.3 is 0 Å². The molecule has 0 saturated carbocycles. The van der Waals surface area contributed by atoms with Gasteiger partial charge in [-0.25, -0.2) is 0 Å². The lowest BCUT2D eigenvalue weighted by Gasteiger charge is -2.41. The van der Waals surface area contributed by atoms with Gasteiger partial charge in [-0.3, -0.25) is 4.90 Å². The zero-order valence-corrected chi connectivity index (χ0v) is 11.6. The number of hydrogen-bond acceptors (Lipinski definition) is 2. The first-order valence-corrected chi connectivity index (χ1v) is 7.59. The summed E-state index contributed by atoms with van der Waals surface area (Å²) in [6.07, 6.45) is 9.72. The SMILES string of the molecule is C1=CCN(C2CCNCC2)C(Cc2ccccc2)C1. The molecule has 1 atom stereocenters. The minimum atomic E-state index is 0.690. The third kappa shape index (κ3) is 3.26. The monoisotopic (exact) mass is 256 g/mol. The fourth-order valence-corrected chi connectivity index (χ4v) is 3.41. The summed E-state index contributed by atoms with van der Waals surface area (Å²) < 4.78 is 0. The molecular weight excluding hydrogens is 232 g/mol. The van der Waals surface area contributed by atoms with Crippen LogP contribution in [0.25, 0.3) is 0 Å². The van der Waals surface area contributed by atoms with Crippen LogP contribution in [0.15, 0.2) is 42.5 Å². The fourth-order valence-electron chi connectivity index (χ4n) is 3.41. The molecule has 0 bridgehead atoms. The van der Waals surface area contributed by atoms with Crippen LogP contribution in [-0.4, -0.2) is 36.6 Å². The first-order valence-electron chi connectivity index (χ1n) is 7.59. The molecule has 0 radical (unpaired) electrons. The van der Waals surface area contributed by atoms with E-state index in [0.29, 0.717) is 6.04 Å². The molecule has 2 aliphatic rings. The highest BCUT2D eigenvalue weighted by molar-refractivity contribution is 5.17. The summed E-state index contributed by atoms with van der Waals surface area (Å²) in [6, 6.07) is 12.4. The number of nitrogens with zero attached hydrogens (tertiary/aromatic N) is 1. The Hall–Kier alpha value is -1.12. The van der Waals surface area contributed by atoms with E-state index in [2.05, 4.69) is 52.7 Å². The average Bonchev–Trinajstić information content (AvgIpc) is 2.50. The van der Waals surface area contributed by atoms with E-state index in [1.54, 1.807) is 0 Å². The molecule has 102 valence electrons. The van der Waals surface area contributed by atoms with Gasteiger partial charge in [0, 0.05) is 18.6 Å². The first kappa shape index (κ1) is 12.9. The van der Waals surface area contributed by atoms with Crippen molar-refractivity contribution >= 4 is 0 Å². The predicted octanol–water partition coefficient (Wildman–Crippen LogP) is 2.61. The third-order valence-electron chi connectivity index (χ3n) is 4.45. The van der Waals surface area contributed by atoms with Crippen molar-refractivity contribution in [3.63, 3.8) is 0 Å². The van der Waals surface area contributed by atoms with Crippen LogP contribution in [0.3, 0.4) is 0 Å². The minimum Gasteiger partial charge on any atom is -0.317 e. The maximum atomic E-state index is 3.47. The molecule has 1 fully saturated rings. The molecule has 1 aromatic carbocycles. The average molecular weight is 256 g/mol. The zero-order chi connectivity index (χ0) is 12.9. The molecule has 2 aliphatic heterocycles. The fraction of sp³-hybridized carbons (Fsp3) is 0.529. The van der Waals surface area contributed by atoms with Crippen molar-refractivity contribution < 1.29 is 0 Å². The van der Waals surface area contributed by atoms with Crippen molar-refractivity contribution in [2.24, 2.45) is 0 Å². The molecule has 2 heteroatoms. The van der Waals surface area contributed by atoms with Gasteiger partial charge in [-0.2, -0.15) is 0 Å². The van der Waals surface area contributed by atoms with Crippen molar-refractivity contribution in [2.45, 2.75) is 37.8 Å². The quantitative estimate of drug-likeness (QED) is 0.836. The molecule has 0 aromatic heterocycles. The number of benzene rings is 1. The standard InChI is InChI=1S/C17H24N2/c1-2-6-15(7-3-1)14-17-8-4-5-13-19(17)16-9-11-18-12-10-16/h1-7,16-18H,8-14H2. The lowest BCUT2D eigenvalue weighted by Crippen LogP contribution is -2.49. The zero-order valence-electron chi connectivity index (χ0n) is 11.6. The van der Waals surface area contributed by atoms with Gasteiger partial charge < -0.3 is 5.32 Å². The molecule has 2 heterocycles. The van der Waals surface area contributed by atoms with Crippen LogP contribution in [0.4, 0.5) is 0 Å². The van der Waals surface area contributed by atoms with E-state index in [1.807, 2.05) is 0 Å². The lowest BCUT2D eigenvalue weighted by molar-refractivity contribution is 0.117. The second kappa shape index (κ2) is 6.36. The molecule has 0 amide bonds. The van der Waals surface area contributed by atoms with Crippen molar-refractivity contribution in [3.05, 3.63) is 48.0 Å². The van der Waals surface area contributed by atoms with Crippen LogP contribution in [0.5, 0.6) is 0 Å². The first-order chi connectivity index (χ1) is 9.43.